The fraction of sp³-hybridized carbons (Fsp3) is 0.211. The lowest BCUT2D eigenvalue weighted by Crippen LogP contribution is -2.28. The summed E-state index contributed by atoms with van der Waals surface area (Å²) in [6.07, 6.45) is 0.327. The van der Waals surface area contributed by atoms with Crippen LogP contribution in [0.2, 0.25) is 5.02 Å². The maximum atomic E-state index is 14.5. The van der Waals surface area contributed by atoms with E-state index in [0.717, 1.165) is 18.2 Å². The Morgan fingerprint density at radius 1 is 1.17 bits per heavy atom. The Labute approximate surface area is 168 Å². The number of nitrogens with zero attached hydrogens (tertiary/aromatic N) is 3. The first-order chi connectivity index (χ1) is 13.7. The highest BCUT2D eigenvalue weighted by atomic mass is 35.5. The second-order valence-corrected chi connectivity index (χ2v) is 7.28. The van der Waals surface area contributed by atoms with Gasteiger partial charge in [-0.1, -0.05) is 11.6 Å². The van der Waals surface area contributed by atoms with Crippen molar-refractivity contribution >= 4 is 17.5 Å². The fourth-order valence-corrected chi connectivity index (χ4v) is 3.53. The van der Waals surface area contributed by atoms with Crippen LogP contribution in [0.3, 0.4) is 0 Å². The summed E-state index contributed by atoms with van der Waals surface area (Å²) in [5, 5.41) is 7.97. The molecule has 2 heterocycles. The molecule has 0 fully saturated rings. The minimum atomic E-state index is -1.19. The number of primary amides is 1. The number of nitrogens with two attached hydrogens (primary N) is 1. The fourth-order valence-electron chi connectivity index (χ4n) is 3.34. The summed E-state index contributed by atoms with van der Waals surface area (Å²) in [6.45, 7) is 1.95. The summed E-state index contributed by atoms with van der Waals surface area (Å²) in [5.41, 5.74) is 4.10. The zero-order chi connectivity index (χ0) is 20.9. The number of carbonyl (C=O) groups excluding carboxylic acids is 1. The van der Waals surface area contributed by atoms with Crippen LogP contribution in [0.1, 0.15) is 29.5 Å². The molecule has 1 amide bonds. The third-order valence-electron chi connectivity index (χ3n) is 4.82. The Morgan fingerprint density at radius 2 is 1.86 bits per heavy atom. The van der Waals surface area contributed by atoms with E-state index in [1.807, 2.05) is 0 Å². The molecule has 0 saturated carbocycles. The van der Waals surface area contributed by atoms with E-state index in [2.05, 4.69) is 10.2 Å². The van der Waals surface area contributed by atoms with E-state index >= 15 is 0 Å². The average molecular weight is 423 g/mol. The van der Waals surface area contributed by atoms with Gasteiger partial charge in [0.2, 0.25) is 5.91 Å². The number of aromatic nitrogens is 3. The molecule has 3 aromatic rings. The molecule has 2 N–H and O–H groups in total. The Morgan fingerprint density at radius 3 is 2.48 bits per heavy atom. The number of halogens is 4. The highest BCUT2D eigenvalue weighted by Gasteiger charge is 2.42. The first-order valence-electron chi connectivity index (χ1n) is 8.56. The second kappa shape index (κ2) is 6.77. The van der Waals surface area contributed by atoms with E-state index in [1.54, 1.807) is 11.5 Å². The van der Waals surface area contributed by atoms with Gasteiger partial charge in [-0.25, -0.2) is 13.2 Å². The Kier molecular flexibility index (Phi) is 4.49. The minimum Gasteiger partial charge on any atom is -0.473 e. The molecule has 1 atom stereocenters. The van der Waals surface area contributed by atoms with Crippen molar-refractivity contribution in [2.24, 2.45) is 5.73 Å². The summed E-state index contributed by atoms with van der Waals surface area (Å²) < 4.78 is 50.1. The number of fused-ring (bicyclic) bond motifs is 1. The van der Waals surface area contributed by atoms with Gasteiger partial charge < -0.3 is 15.0 Å². The normalized spacial score (nSPS) is 18.0. The van der Waals surface area contributed by atoms with Crippen LogP contribution in [-0.2, 0) is 12.1 Å². The first-order valence-corrected chi connectivity index (χ1v) is 8.94. The van der Waals surface area contributed by atoms with Crippen molar-refractivity contribution in [1.82, 2.24) is 14.8 Å². The lowest BCUT2D eigenvalue weighted by molar-refractivity contribution is 0.0732. The third kappa shape index (κ3) is 3.21. The molecular weight excluding hydrogens is 409 g/mol. The summed E-state index contributed by atoms with van der Waals surface area (Å²) in [5.74, 6) is -3.41. The molecule has 1 aliphatic rings. The van der Waals surface area contributed by atoms with Gasteiger partial charge in [0, 0.05) is 23.6 Å². The van der Waals surface area contributed by atoms with E-state index in [4.69, 9.17) is 22.1 Å². The molecule has 0 spiro atoms. The van der Waals surface area contributed by atoms with Gasteiger partial charge in [0.15, 0.2) is 34.6 Å². The molecule has 0 saturated heterocycles. The molecule has 150 valence electrons. The summed E-state index contributed by atoms with van der Waals surface area (Å²) in [7, 11) is 0. The molecule has 2 aromatic carbocycles. The molecular formula is C19H14ClF3N4O2. The SMILES string of the molecule is CC1(Oc2c(F)cc(Cl)cc2F)CCn2c(-c3ccc(C(N)=O)cc3F)nnc21. The number of hydrogen-bond acceptors (Lipinski definition) is 4. The lowest BCUT2D eigenvalue weighted by Gasteiger charge is -2.24. The summed E-state index contributed by atoms with van der Waals surface area (Å²) in [6, 6.07) is 5.67. The van der Waals surface area contributed by atoms with Gasteiger partial charge in [-0.15, -0.1) is 10.2 Å². The Bertz CT molecular complexity index is 1130. The zero-order valence-electron chi connectivity index (χ0n) is 15.0. The minimum absolute atomic E-state index is 0.0225. The number of carbonyl (C=O) groups is 1. The summed E-state index contributed by atoms with van der Waals surface area (Å²) >= 11 is 5.64. The predicted molar refractivity (Wildman–Crippen MR) is 97.9 cm³/mol. The van der Waals surface area contributed by atoms with Crippen molar-refractivity contribution in [3.8, 4) is 17.1 Å². The van der Waals surface area contributed by atoms with E-state index in [0.29, 0.717) is 18.8 Å². The maximum Gasteiger partial charge on any atom is 0.248 e. The average Bonchev–Trinajstić information content (AvgIpc) is 3.20. The monoisotopic (exact) mass is 422 g/mol. The van der Waals surface area contributed by atoms with Crippen molar-refractivity contribution in [3.63, 3.8) is 0 Å². The van der Waals surface area contributed by atoms with Gasteiger partial charge in [-0.05, 0) is 37.3 Å². The van der Waals surface area contributed by atoms with Crippen LogP contribution in [0.5, 0.6) is 5.75 Å². The van der Waals surface area contributed by atoms with Crippen molar-refractivity contribution in [3.05, 3.63) is 64.2 Å². The third-order valence-corrected chi connectivity index (χ3v) is 5.04. The molecule has 1 aromatic heterocycles. The van der Waals surface area contributed by atoms with Crippen LogP contribution in [0, 0.1) is 17.5 Å². The number of benzene rings is 2. The van der Waals surface area contributed by atoms with Crippen LogP contribution in [0.4, 0.5) is 13.2 Å². The van der Waals surface area contributed by atoms with Gasteiger partial charge in [-0.2, -0.15) is 0 Å². The molecule has 1 aliphatic heterocycles. The van der Waals surface area contributed by atoms with Crippen molar-refractivity contribution in [2.45, 2.75) is 25.5 Å². The molecule has 29 heavy (non-hydrogen) atoms. The number of rotatable bonds is 4. The number of hydrogen-bond donors (Lipinski definition) is 1. The lowest BCUT2D eigenvalue weighted by atomic mass is 10.0. The molecule has 10 heteroatoms. The molecule has 4 rings (SSSR count). The summed E-state index contributed by atoms with van der Waals surface area (Å²) in [4.78, 5) is 11.2. The van der Waals surface area contributed by atoms with Gasteiger partial charge >= 0.3 is 0 Å². The largest absolute Gasteiger partial charge is 0.473 e. The topological polar surface area (TPSA) is 83.0 Å². The van der Waals surface area contributed by atoms with E-state index in [1.165, 1.54) is 12.1 Å². The molecule has 0 bridgehead atoms. The highest BCUT2D eigenvalue weighted by Crippen LogP contribution is 2.40. The second-order valence-electron chi connectivity index (χ2n) is 6.84. The quantitative estimate of drug-likeness (QED) is 0.693. The van der Waals surface area contributed by atoms with E-state index < -0.39 is 34.7 Å². The van der Waals surface area contributed by atoms with Crippen molar-refractivity contribution < 1.29 is 22.7 Å². The predicted octanol–water partition coefficient (Wildman–Crippen LogP) is 3.81. The Hall–Kier alpha value is -3.07. The van der Waals surface area contributed by atoms with Crippen LogP contribution in [0.15, 0.2) is 30.3 Å². The van der Waals surface area contributed by atoms with Crippen LogP contribution >= 0.6 is 11.6 Å². The molecule has 1 unspecified atom stereocenters. The smallest absolute Gasteiger partial charge is 0.248 e. The van der Waals surface area contributed by atoms with Gasteiger partial charge in [0.05, 0.1) is 5.56 Å². The van der Waals surface area contributed by atoms with Crippen LogP contribution in [-0.4, -0.2) is 20.7 Å². The Balaban J connectivity index is 1.72. The maximum absolute atomic E-state index is 14.5. The zero-order valence-corrected chi connectivity index (χ0v) is 15.8. The van der Waals surface area contributed by atoms with Crippen molar-refractivity contribution in [1.29, 1.82) is 0 Å². The molecule has 0 radical (unpaired) electrons. The highest BCUT2D eigenvalue weighted by molar-refractivity contribution is 6.30. The number of ether oxygens (including phenoxy) is 1. The molecule has 6 nitrogen and oxygen atoms in total. The van der Waals surface area contributed by atoms with Gasteiger partial charge in [0.25, 0.3) is 0 Å². The van der Waals surface area contributed by atoms with Gasteiger partial charge in [-0.3, -0.25) is 4.79 Å². The molecule has 0 aliphatic carbocycles. The standard InChI is InChI=1S/C19H14ClF3N4O2/c1-19(29-15-13(22)7-10(20)8-14(15)23)4-5-27-17(25-26-18(19)27)11-3-2-9(16(24)28)6-12(11)21/h2-3,6-8H,4-5H2,1H3,(H2,24,28). The van der Waals surface area contributed by atoms with Crippen LogP contribution in [0.25, 0.3) is 11.4 Å². The van der Waals surface area contributed by atoms with E-state index in [-0.39, 0.29) is 22.0 Å². The van der Waals surface area contributed by atoms with Crippen LogP contribution < -0.4 is 10.5 Å². The number of amides is 1. The van der Waals surface area contributed by atoms with E-state index in [9.17, 15) is 18.0 Å². The van der Waals surface area contributed by atoms with Crippen molar-refractivity contribution in [2.75, 3.05) is 0 Å². The first kappa shape index (κ1) is 19.3. The van der Waals surface area contributed by atoms with Gasteiger partial charge in [0.1, 0.15) is 5.82 Å².